The van der Waals surface area contributed by atoms with Gasteiger partial charge < -0.3 is 0 Å². The Morgan fingerprint density at radius 3 is 2.45 bits per heavy atom. The number of Topliss-reactive ketones (excluding diaryl/α,β-unsaturated/α-hetero) is 1. The number of carbonyl (C=O) groups excluding carboxylic acids is 1. The van der Waals surface area contributed by atoms with Gasteiger partial charge in [0.05, 0.1) is 6.04 Å². The second kappa shape index (κ2) is 6.09. The fourth-order valence-corrected chi connectivity index (χ4v) is 2.96. The molecule has 110 valence electrons. The van der Waals surface area contributed by atoms with E-state index in [4.69, 9.17) is 0 Å². The molecule has 1 fully saturated rings. The molecule has 2 nitrogen and oxygen atoms in total. The van der Waals surface area contributed by atoms with E-state index in [1.54, 1.807) is 0 Å². The minimum atomic E-state index is -0.00777. The molecular weight excluding hydrogens is 246 g/mol. The van der Waals surface area contributed by atoms with Crippen molar-refractivity contribution in [1.82, 2.24) is 4.90 Å². The molecule has 0 spiro atoms. The highest BCUT2D eigenvalue weighted by molar-refractivity contribution is 5.99. The van der Waals surface area contributed by atoms with E-state index in [0.29, 0.717) is 5.41 Å². The van der Waals surface area contributed by atoms with Crippen molar-refractivity contribution in [2.24, 2.45) is 5.41 Å². The molecule has 1 atom stereocenters. The third kappa shape index (κ3) is 3.69. The quantitative estimate of drug-likeness (QED) is 0.773. The Bertz CT molecular complexity index is 461. The van der Waals surface area contributed by atoms with Crippen LogP contribution in [0.1, 0.15) is 56.0 Å². The molecule has 0 saturated carbocycles. The minimum Gasteiger partial charge on any atom is -0.293 e. The van der Waals surface area contributed by atoms with Crippen molar-refractivity contribution < 1.29 is 4.79 Å². The van der Waals surface area contributed by atoms with Crippen LogP contribution in [-0.4, -0.2) is 29.8 Å². The van der Waals surface area contributed by atoms with Gasteiger partial charge in [-0.2, -0.15) is 0 Å². The molecule has 0 aliphatic carbocycles. The summed E-state index contributed by atoms with van der Waals surface area (Å²) in [6.07, 6.45) is 3.63. The second-order valence-electron chi connectivity index (χ2n) is 6.96. The van der Waals surface area contributed by atoms with Gasteiger partial charge in [0.1, 0.15) is 0 Å². The van der Waals surface area contributed by atoms with Crippen LogP contribution in [-0.2, 0) is 0 Å². The third-order valence-corrected chi connectivity index (χ3v) is 4.64. The Balaban J connectivity index is 2.05. The molecule has 0 amide bonds. The molecule has 0 bridgehead atoms. The highest BCUT2D eigenvalue weighted by Crippen LogP contribution is 2.30. The van der Waals surface area contributed by atoms with E-state index in [0.717, 1.165) is 18.7 Å². The van der Waals surface area contributed by atoms with Gasteiger partial charge in [-0.3, -0.25) is 9.69 Å². The summed E-state index contributed by atoms with van der Waals surface area (Å²) >= 11 is 0. The second-order valence-corrected chi connectivity index (χ2v) is 6.96. The van der Waals surface area contributed by atoms with Gasteiger partial charge in [0.15, 0.2) is 5.78 Å². The van der Waals surface area contributed by atoms with Crippen LogP contribution in [0.25, 0.3) is 0 Å². The zero-order valence-electron chi connectivity index (χ0n) is 13.3. The molecule has 2 heteroatoms. The molecule has 20 heavy (non-hydrogen) atoms. The van der Waals surface area contributed by atoms with Gasteiger partial charge in [-0.1, -0.05) is 43.7 Å². The van der Waals surface area contributed by atoms with E-state index >= 15 is 0 Å². The maximum atomic E-state index is 12.6. The molecule has 1 aromatic carbocycles. The van der Waals surface area contributed by atoms with Crippen LogP contribution in [0.5, 0.6) is 0 Å². The average molecular weight is 273 g/mol. The van der Waals surface area contributed by atoms with Crippen molar-refractivity contribution in [3.05, 3.63) is 35.4 Å². The lowest BCUT2D eigenvalue weighted by Gasteiger charge is -2.27. The third-order valence-electron chi connectivity index (χ3n) is 4.64. The maximum absolute atomic E-state index is 12.6. The predicted molar refractivity (Wildman–Crippen MR) is 84.2 cm³/mol. The fourth-order valence-electron chi connectivity index (χ4n) is 2.96. The zero-order valence-corrected chi connectivity index (χ0v) is 13.3. The summed E-state index contributed by atoms with van der Waals surface area (Å²) in [7, 11) is 0. The molecule has 1 aliphatic rings. The average Bonchev–Trinajstić information content (AvgIpc) is 2.59. The first-order chi connectivity index (χ1) is 9.39. The van der Waals surface area contributed by atoms with Crippen LogP contribution < -0.4 is 0 Å². The lowest BCUT2D eigenvalue weighted by Crippen LogP contribution is -2.40. The molecule has 0 radical (unpaired) electrons. The number of carbonyl (C=O) groups is 1. The van der Waals surface area contributed by atoms with Gasteiger partial charge in [0.2, 0.25) is 0 Å². The predicted octanol–water partition coefficient (Wildman–Crippen LogP) is 4.08. The Morgan fingerprint density at radius 1 is 1.15 bits per heavy atom. The number of nitrogens with zero attached hydrogens (tertiary/aromatic N) is 1. The Hall–Kier alpha value is -1.15. The SMILES string of the molecule is Cc1ccc(C(=O)C(C)N2CCCC(C)(C)CC2)cc1. The topological polar surface area (TPSA) is 20.3 Å². The standard InChI is InChI=1S/C18H27NO/c1-14-6-8-16(9-7-14)17(20)15(2)19-12-5-10-18(3,4)11-13-19/h6-9,15H,5,10-13H2,1-4H3. The summed E-state index contributed by atoms with van der Waals surface area (Å²) in [4.78, 5) is 14.9. The number of rotatable bonds is 3. The number of likely N-dealkylation sites (tertiary alicyclic amines) is 1. The van der Waals surface area contributed by atoms with Gasteiger partial charge in [-0.25, -0.2) is 0 Å². The van der Waals surface area contributed by atoms with Crippen molar-refractivity contribution in [2.45, 2.75) is 53.0 Å². The lowest BCUT2D eigenvalue weighted by molar-refractivity contribution is 0.0838. The summed E-state index contributed by atoms with van der Waals surface area (Å²) in [5, 5.41) is 0. The van der Waals surface area contributed by atoms with Crippen LogP contribution in [0.15, 0.2) is 24.3 Å². The molecule has 0 aromatic heterocycles. The van der Waals surface area contributed by atoms with Crippen molar-refractivity contribution in [3.63, 3.8) is 0 Å². The fraction of sp³-hybridized carbons (Fsp3) is 0.611. The Labute approximate surface area is 123 Å². The number of hydrogen-bond donors (Lipinski definition) is 0. The zero-order chi connectivity index (χ0) is 14.8. The summed E-state index contributed by atoms with van der Waals surface area (Å²) < 4.78 is 0. The molecule has 0 N–H and O–H groups in total. The summed E-state index contributed by atoms with van der Waals surface area (Å²) in [6, 6.07) is 7.94. The van der Waals surface area contributed by atoms with E-state index in [1.165, 1.54) is 24.8 Å². The molecular formula is C18H27NO. The van der Waals surface area contributed by atoms with Crippen LogP contribution >= 0.6 is 0 Å². The smallest absolute Gasteiger partial charge is 0.179 e. The number of aryl methyl sites for hydroxylation is 1. The lowest BCUT2D eigenvalue weighted by atomic mass is 9.85. The molecule has 1 aliphatic heterocycles. The van der Waals surface area contributed by atoms with Crippen molar-refractivity contribution in [1.29, 1.82) is 0 Å². The molecule has 1 aromatic rings. The van der Waals surface area contributed by atoms with Crippen molar-refractivity contribution in [2.75, 3.05) is 13.1 Å². The van der Waals surface area contributed by atoms with Gasteiger partial charge in [0.25, 0.3) is 0 Å². The van der Waals surface area contributed by atoms with Crippen LogP contribution in [0, 0.1) is 12.3 Å². The van der Waals surface area contributed by atoms with Crippen LogP contribution in [0.4, 0.5) is 0 Å². The Kier molecular flexibility index (Phi) is 4.64. The minimum absolute atomic E-state index is 0.00777. The normalized spacial score (nSPS) is 21.2. The number of ketones is 1. The van der Waals surface area contributed by atoms with E-state index < -0.39 is 0 Å². The first-order valence-electron chi connectivity index (χ1n) is 7.74. The van der Waals surface area contributed by atoms with Crippen molar-refractivity contribution in [3.8, 4) is 0 Å². The monoisotopic (exact) mass is 273 g/mol. The van der Waals surface area contributed by atoms with E-state index in [9.17, 15) is 4.79 Å². The molecule has 1 heterocycles. The summed E-state index contributed by atoms with van der Waals surface area (Å²) in [5.41, 5.74) is 2.46. The largest absolute Gasteiger partial charge is 0.293 e. The van der Waals surface area contributed by atoms with E-state index in [1.807, 2.05) is 24.3 Å². The number of benzene rings is 1. The molecule has 1 saturated heterocycles. The van der Waals surface area contributed by atoms with Crippen molar-refractivity contribution >= 4 is 5.78 Å². The van der Waals surface area contributed by atoms with Crippen LogP contribution in [0.3, 0.4) is 0 Å². The van der Waals surface area contributed by atoms with Crippen LogP contribution in [0.2, 0.25) is 0 Å². The Morgan fingerprint density at radius 2 is 1.80 bits per heavy atom. The van der Waals surface area contributed by atoms with Gasteiger partial charge in [-0.15, -0.1) is 0 Å². The first kappa shape index (κ1) is 15.2. The first-order valence-corrected chi connectivity index (χ1v) is 7.74. The highest BCUT2D eigenvalue weighted by atomic mass is 16.1. The molecule has 2 rings (SSSR count). The summed E-state index contributed by atoms with van der Waals surface area (Å²) in [6.45, 7) is 10.9. The summed E-state index contributed by atoms with van der Waals surface area (Å²) in [5.74, 6) is 0.254. The number of hydrogen-bond acceptors (Lipinski definition) is 2. The highest BCUT2D eigenvalue weighted by Gasteiger charge is 2.28. The maximum Gasteiger partial charge on any atom is 0.179 e. The van der Waals surface area contributed by atoms with Gasteiger partial charge in [0, 0.05) is 5.56 Å². The molecule has 1 unspecified atom stereocenters. The van der Waals surface area contributed by atoms with E-state index in [2.05, 4.69) is 32.6 Å². The van der Waals surface area contributed by atoms with Gasteiger partial charge in [-0.05, 0) is 51.6 Å². The van der Waals surface area contributed by atoms with Gasteiger partial charge >= 0.3 is 0 Å². The van der Waals surface area contributed by atoms with E-state index in [-0.39, 0.29) is 11.8 Å².